The van der Waals surface area contributed by atoms with E-state index in [0.29, 0.717) is 5.69 Å². The second-order valence-electron chi connectivity index (χ2n) is 2.13. The number of nitrogens with two attached hydrogens (primary N) is 1. The molecule has 5 nitrogen and oxygen atoms in total. The molecule has 0 saturated heterocycles. The van der Waals surface area contributed by atoms with Crippen LogP contribution in [0.5, 0.6) is 0 Å². The Morgan fingerprint density at radius 1 is 1.58 bits per heavy atom. The van der Waals surface area contributed by atoms with Crippen molar-refractivity contribution in [2.75, 3.05) is 10.6 Å². The Bertz CT molecular complexity index is 316. The lowest BCUT2D eigenvalue weighted by Gasteiger charge is -1.99. The molecule has 0 fully saturated rings. The zero-order chi connectivity index (χ0) is 9.14. The van der Waals surface area contributed by atoms with Crippen LogP contribution in [0.1, 0.15) is 0 Å². The Balaban J connectivity index is 3.17. The standard InChI is InChI=1S/C6H6ClN3O2/c7-9-4-1-2-5(8)6(3-4)10(11)12/h1-3,9H,8H2. The normalized spacial score (nSPS) is 9.42. The van der Waals surface area contributed by atoms with Crippen LogP contribution in [-0.4, -0.2) is 4.92 Å². The van der Waals surface area contributed by atoms with E-state index in [9.17, 15) is 10.1 Å². The minimum absolute atomic E-state index is 0.121. The highest BCUT2D eigenvalue weighted by Crippen LogP contribution is 2.24. The molecule has 0 atom stereocenters. The van der Waals surface area contributed by atoms with Crippen LogP contribution >= 0.6 is 11.8 Å². The minimum atomic E-state index is -0.562. The third-order valence-electron chi connectivity index (χ3n) is 1.34. The lowest BCUT2D eigenvalue weighted by atomic mass is 10.2. The molecule has 0 amide bonds. The van der Waals surface area contributed by atoms with Gasteiger partial charge in [0.05, 0.1) is 10.6 Å². The van der Waals surface area contributed by atoms with Gasteiger partial charge < -0.3 is 5.73 Å². The highest BCUT2D eigenvalue weighted by molar-refractivity contribution is 6.24. The number of benzene rings is 1. The Morgan fingerprint density at radius 3 is 2.75 bits per heavy atom. The third-order valence-corrected chi connectivity index (χ3v) is 1.55. The van der Waals surface area contributed by atoms with Gasteiger partial charge in [-0.15, -0.1) is 0 Å². The second kappa shape index (κ2) is 3.27. The van der Waals surface area contributed by atoms with Crippen molar-refractivity contribution >= 4 is 28.8 Å². The van der Waals surface area contributed by atoms with Crippen LogP contribution in [-0.2, 0) is 0 Å². The summed E-state index contributed by atoms with van der Waals surface area (Å²) in [6.45, 7) is 0. The summed E-state index contributed by atoms with van der Waals surface area (Å²) < 4.78 is 0. The Labute approximate surface area is 73.4 Å². The summed E-state index contributed by atoms with van der Waals surface area (Å²) in [5.41, 5.74) is 5.74. The summed E-state index contributed by atoms with van der Waals surface area (Å²) in [4.78, 5) is 12.0. The smallest absolute Gasteiger partial charge is 0.294 e. The fourth-order valence-electron chi connectivity index (χ4n) is 0.761. The van der Waals surface area contributed by atoms with Gasteiger partial charge in [-0.1, -0.05) is 0 Å². The SMILES string of the molecule is Nc1ccc(NCl)cc1[N+](=O)[O-]. The first kappa shape index (κ1) is 8.61. The maximum absolute atomic E-state index is 10.3. The van der Waals surface area contributed by atoms with Gasteiger partial charge in [0.15, 0.2) is 0 Å². The molecule has 1 aromatic rings. The van der Waals surface area contributed by atoms with Crippen LogP contribution in [0.15, 0.2) is 18.2 Å². The number of nitro groups is 1. The molecule has 0 aliphatic carbocycles. The van der Waals surface area contributed by atoms with Crippen molar-refractivity contribution in [2.45, 2.75) is 0 Å². The van der Waals surface area contributed by atoms with Gasteiger partial charge in [0.2, 0.25) is 0 Å². The zero-order valence-electron chi connectivity index (χ0n) is 5.95. The van der Waals surface area contributed by atoms with Gasteiger partial charge in [-0.2, -0.15) is 0 Å². The van der Waals surface area contributed by atoms with Crippen LogP contribution in [0.25, 0.3) is 0 Å². The highest BCUT2D eigenvalue weighted by atomic mass is 35.5. The van der Waals surface area contributed by atoms with Crippen molar-refractivity contribution in [3.05, 3.63) is 28.3 Å². The van der Waals surface area contributed by atoms with E-state index in [2.05, 4.69) is 4.84 Å². The topological polar surface area (TPSA) is 81.2 Å². The van der Waals surface area contributed by atoms with Gasteiger partial charge in [0.1, 0.15) is 5.69 Å². The van der Waals surface area contributed by atoms with Gasteiger partial charge in [-0.3, -0.25) is 15.0 Å². The van der Waals surface area contributed by atoms with Gasteiger partial charge in [0.25, 0.3) is 5.69 Å². The van der Waals surface area contributed by atoms with E-state index in [-0.39, 0.29) is 11.4 Å². The summed E-state index contributed by atoms with van der Waals surface area (Å²) in [6, 6.07) is 4.24. The van der Waals surface area contributed by atoms with Crippen LogP contribution < -0.4 is 10.6 Å². The van der Waals surface area contributed by atoms with Crippen molar-refractivity contribution in [3.8, 4) is 0 Å². The van der Waals surface area contributed by atoms with E-state index in [0.717, 1.165) is 0 Å². The molecule has 0 saturated carbocycles. The van der Waals surface area contributed by atoms with E-state index in [1.165, 1.54) is 12.1 Å². The fraction of sp³-hybridized carbons (Fsp3) is 0. The Kier molecular flexibility index (Phi) is 2.35. The first-order chi connectivity index (χ1) is 5.65. The van der Waals surface area contributed by atoms with Crippen molar-refractivity contribution in [1.29, 1.82) is 0 Å². The molecule has 0 bridgehead atoms. The van der Waals surface area contributed by atoms with E-state index >= 15 is 0 Å². The van der Waals surface area contributed by atoms with E-state index in [1.807, 2.05) is 0 Å². The maximum Gasteiger partial charge on any atom is 0.294 e. The molecular formula is C6H6ClN3O2. The number of anilines is 2. The molecule has 0 unspecified atom stereocenters. The first-order valence-electron chi connectivity index (χ1n) is 3.05. The summed E-state index contributed by atoms with van der Waals surface area (Å²) in [5, 5.41) is 10.3. The van der Waals surface area contributed by atoms with Crippen molar-refractivity contribution in [2.24, 2.45) is 0 Å². The average molecular weight is 188 g/mol. The largest absolute Gasteiger partial charge is 0.393 e. The third kappa shape index (κ3) is 1.57. The summed E-state index contributed by atoms with van der Waals surface area (Å²) in [7, 11) is 0. The predicted octanol–water partition coefficient (Wildman–Crippen LogP) is 1.74. The molecule has 1 aromatic carbocycles. The molecule has 0 spiro atoms. The number of nitrogens with one attached hydrogen (secondary N) is 1. The van der Waals surface area contributed by atoms with E-state index in [4.69, 9.17) is 17.5 Å². The van der Waals surface area contributed by atoms with Crippen LogP contribution in [0, 0.1) is 10.1 Å². The lowest BCUT2D eigenvalue weighted by Crippen LogP contribution is -1.95. The first-order valence-corrected chi connectivity index (χ1v) is 3.43. The molecule has 0 aliphatic rings. The quantitative estimate of drug-likeness (QED) is 0.320. The van der Waals surface area contributed by atoms with Crippen LogP contribution in [0.2, 0.25) is 0 Å². The van der Waals surface area contributed by atoms with Crippen molar-refractivity contribution in [1.82, 2.24) is 0 Å². The maximum atomic E-state index is 10.3. The summed E-state index contributed by atoms with van der Waals surface area (Å²) in [5.74, 6) is 0. The highest BCUT2D eigenvalue weighted by Gasteiger charge is 2.10. The number of nitrogen functional groups attached to an aromatic ring is 1. The van der Waals surface area contributed by atoms with Crippen molar-refractivity contribution < 1.29 is 4.92 Å². The summed E-state index contributed by atoms with van der Waals surface area (Å²) in [6.07, 6.45) is 0. The average Bonchev–Trinajstić information content (AvgIpc) is 2.05. The van der Waals surface area contributed by atoms with Crippen molar-refractivity contribution in [3.63, 3.8) is 0 Å². The molecule has 0 heterocycles. The minimum Gasteiger partial charge on any atom is -0.393 e. The van der Waals surface area contributed by atoms with Gasteiger partial charge in [0, 0.05) is 17.8 Å². The Morgan fingerprint density at radius 2 is 2.25 bits per heavy atom. The molecule has 12 heavy (non-hydrogen) atoms. The molecule has 1 rings (SSSR count). The molecule has 0 aliphatic heterocycles. The molecule has 3 N–H and O–H groups in total. The number of nitrogens with zero attached hydrogens (tertiary/aromatic N) is 1. The molecule has 0 aromatic heterocycles. The lowest BCUT2D eigenvalue weighted by molar-refractivity contribution is -0.383. The number of rotatable bonds is 2. The number of halogens is 1. The summed E-state index contributed by atoms with van der Waals surface area (Å²) >= 11 is 5.24. The number of nitro benzene ring substituents is 1. The van der Waals surface area contributed by atoms with Gasteiger partial charge >= 0.3 is 0 Å². The monoisotopic (exact) mass is 187 g/mol. The molecular weight excluding hydrogens is 182 g/mol. The van der Waals surface area contributed by atoms with Gasteiger partial charge in [-0.25, -0.2) is 0 Å². The number of hydrogen-bond donors (Lipinski definition) is 2. The zero-order valence-corrected chi connectivity index (χ0v) is 6.71. The van der Waals surface area contributed by atoms with Crippen LogP contribution in [0.3, 0.4) is 0 Å². The number of hydrogen-bond acceptors (Lipinski definition) is 4. The van der Waals surface area contributed by atoms with Crippen LogP contribution in [0.4, 0.5) is 17.1 Å². The fourth-order valence-corrected chi connectivity index (χ4v) is 0.878. The Hall–Kier alpha value is -1.49. The van der Waals surface area contributed by atoms with E-state index < -0.39 is 4.92 Å². The van der Waals surface area contributed by atoms with Gasteiger partial charge in [-0.05, 0) is 12.1 Å². The van der Waals surface area contributed by atoms with E-state index in [1.54, 1.807) is 6.07 Å². The predicted molar refractivity (Wildman–Crippen MR) is 47.0 cm³/mol. The molecule has 6 heteroatoms. The molecule has 0 radical (unpaired) electrons. The molecule has 64 valence electrons. The second-order valence-corrected chi connectivity index (χ2v) is 2.31.